The number of aliphatic carboxylic acids is 1. The largest absolute Gasteiger partial charge is 0.480 e. The fourth-order valence-corrected chi connectivity index (χ4v) is 3.92. The van der Waals surface area contributed by atoms with Crippen LogP contribution in [-0.4, -0.2) is 43.2 Å². The number of nitrogens with zero attached hydrogens (tertiary/aromatic N) is 4. The Kier molecular flexibility index (Phi) is 6.60. The number of hydrogen-bond donors (Lipinski definition) is 2. The highest BCUT2D eigenvalue weighted by Gasteiger charge is 2.29. The van der Waals surface area contributed by atoms with E-state index in [1.165, 1.54) is 0 Å². The van der Waals surface area contributed by atoms with Gasteiger partial charge in [0.25, 0.3) is 5.56 Å². The van der Waals surface area contributed by atoms with Gasteiger partial charge in [0, 0.05) is 10.9 Å². The predicted octanol–water partition coefficient (Wildman–Crippen LogP) is 2.58. The van der Waals surface area contributed by atoms with Crippen LogP contribution in [0.4, 0.5) is 0 Å². The normalized spacial score (nSPS) is 11.1. The molecule has 0 aliphatic heterocycles. The first-order valence-corrected chi connectivity index (χ1v) is 11.1. The standard InChI is InChI=1S/C25H21N5O6/c1-13(2)21-19(24(34)36-11-5-10-26)18(16-9-8-14-6-3-4-7-15(14)27-16)20-22(28-21)29-25(35)30(23(20)33)12-17(31)32/h3-4,6-9,13H,5,11-12H2,1-2H3,(H,31,32)(H,28,29,35). The van der Waals surface area contributed by atoms with Gasteiger partial charge in [0.1, 0.15) is 18.8 Å². The van der Waals surface area contributed by atoms with Gasteiger partial charge < -0.3 is 9.84 Å². The number of nitrogens with one attached hydrogen (secondary N) is 1. The lowest BCUT2D eigenvalue weighted by Crippen LogP contribution is -2.38. The molecule has 11 nitrogen and oxygen atoms in total. The topological polar surface area (TPSA) is 168 Å². The van der Waals surface area contributed by atoms with Crippen molar-refractivity contribution < 1.29 is 19.4 Å². The molecule has 0 saturated heterocycles. The summed E-state index contributed by atoms with van der Waals surface area (Å²) in [6.45, 7) is 2.50. The Morgan fingerprint density at radius 1 is 1.17 bits per heavy atom. The maximum Gasteiger partial charge on any atom is 0.340 e. The third-order valence-electron chi connectivity index (χ3n) is 5.50. The van der Waals surface area contributed by atoms with Crippen molar-refractivity contribution in [3.05, 3.63) is 68.5 Å². The highest BCUT2D eigenvalue weighted by molar-refractivity contribution is 6.07. The molecule has 4 aromatic rings. The predicted molar refractivity (Wildman–Crippen MR) is 130 cm³/mol. The van der Waals surface area contributed by atoms with Crippen LogP contribution in [0.5, 0.6) is 0 Å². The number of carbonyl (C=O) groups is 2. The van der Waals surface area contributed by atoms with Crippen molar-refractivity contribution in [1.29, 1.82) is 5.26 Å². The number of ether oxygens (including phenoxy) is 1. The summed E-state index contributed by atoms with van der Waals surface area (Å²) in [6.07, 6.45) is -0.0357. The highest BCUT2D eigenvalue weighted by atomic mass is 16.5. The zero-order valence-electron chi connectivity index (χ0n) is 19.4. The molecular weight excluding hydrogens is 466 g/mol. The minimum absolute atomic E-state index is 0.0357. The molecule has 3 aromatic heterocycles. The molecule has 0 radical (unpaired) electrons. The van der Waals surface area contributed by atoms with Crippen LogP contribution < -0.4 is 11.2 Å². The van der Waals surface area contributed by atoms with Crippen LogP contribution in [0, 0.1) is 11.3 Å². The molecule has 182 valence electrons. The molecule has 0 saturated carbocycles. The number of aromatic nitrogens is 4. The molecule has 0 aliphatic rings. The molecule has 0 atom stereocenters. The van der Waals surface area contributed by atoms with Gasteiger partial charge in [-0.2, -0.15) is 5.26 Å². The van der Waals surface area contributed by atoms with Crippen molar-refractivity contribution in [3.8, 4) is 17.3 Å². The number of nitriles is 1. The Labute approximate surface area is 203 Å². The van der Waals surface area contributed by atoms with Crippen LogP contribution in [-0.2, 0) is 16.1 Å². The van der Waals surface area contributed by atoms with E-state index < -0.39 is 29.7 Å². The number of rotatable bonds is 7. The molecule has 3 heterocycles. The number of para-hydroxylation sites is 1. The highest BCUT2D eigenvalue weighted by Crippen LogP contribution is 2.34. The Bertz CT molecular complexity index is 1680. The minimum Gasteiger partial charge on any atom is -0.480 e. The van der Waals surface area contributed by atoms with Crippen LogP contribution in [0.15, 0.2) is 46.0 Å². The Morgan fingerprint density at radius 3 is 2.61 bits per heavy atom. The average molecular weight is 487 g/mol. The van der Waals surface area contributed by atoms with Crippen molar-refractivity contribution in [2.45, 2.75) is 32.7 Å². The number of carboxylic acids is 1. The van der Waals surface area contributed by atoms with Gasteiger partial charge in [-0.05, 0) is 18.1 Å². The number of fused-ring (bicyclic) bond motifs is 2. The summed E-state index contributed by atoms with van der Waals surface area (Å²) in [5.74, 6) is -2.55. The summed E-state index contributed by atoms with van der Waals surface area (Å²) in [7, 11) is 0. The van der Waals surface area contributed by atoms with E-state index in [0.29, 0.717) is 10.1 Å². The van der Waals surface area contributed by atoms with Gasteiger partial charge in [-0.1, -0.05) is 38.1 Å². The van der Waals surface area contributed by atoms with Gasteiger partial charge in [0.15, 0.2) is 0 Å². The molecule has 0 fully saturated rings. The third kappa shape index (κ3) is 4.44. The summed E-state index contributed by atoms with van der Waals surface area (Å²) < 4.78 is 5.84. The number of H-pyrrole nitrogens is 1. The van der Waals surface area contributed by atoms with E-state index in [1.54, 1.807) is 38.1 Å². The van der Waals surface area contributed by atoms with Crippen LogP contribution in [0.25, 0.3) is 33.2 Å². The summed E-state index contributed by atoms with van der Waals surface area (Å²) in [5.41, 5.74) is -0.879. The van der Waals surface area contributed by atoms with Crippen molar-refractivity contribution in [1.82, 2.24) is 19.5 Å². The van der Waals surface area contributed by atoms with E-state index in [1.807, 2.05) is 18.2 Å². The molecule has 36 heavy (non-hydrogen) atoms. The van der Waals surface area contributed by atoms with E-state index >= 15 is 0 Å². The number of pyridine rings is 2. The van der Waals surface area contributed by atoms with Crippen LogP contribution >= 0.6 is 0 Å². The Balaban J connectivity index is 2.17. The van der Waals surface area contributed by atoms with Crippen LogP contribution in [0.2, 0.25) is 0 Å². The lowest BCUT2D eigenvalue weighted by molar-refractivity contribution is -0.137. The zero-order valence-corrected chi connectivity index (χ0v) is 19.4. The van der Waals surface area contributed by atoms with E-state index in [9.17, 15) is 24.3 Å². The Morgan fingerprint density at radius 2 is 1.92 bits per heavy atom. The smallest absolute Gasteiger partial charge is 0.340 e. The van der Waals surface area contributed by atoms with Gasteiger partial charge in [-0.3, -0.25) is 14.6 Å². The molecular formula is C25H21N5O6. The van der Waals surface area contributed by atoms with E-state index in [4.69, 9.17) is 10.00 Å². The van der Waals surface area contributed by atoms with Crippen molar-refractivity contribution in [2.75, 3.05) is 6.61 Å². The number of esters is 1. The fraction of sp³-hybridized carbons (Fsp3) is 0.240. The number of carboxylic acid groups (broad SMARTS) is 1. The molecule has 0 spiro atoms. The summed E-state index contributed by atoms with van der Waals surface area (Å²) >= 11 is 0. The Hall–Kier alpha value is -4.85. The summed E-state index contributed by atoms with van der Waals surface area (Å²) in [5, 5.41) is 18.7. The van der Waals surface area contributed by atoms with Gasteiger partial charge in [-0.25, -0.2) is 24.1 Å². The van der Waals surface area contributed by atoms with Crippen molar-refractivity contribution in [3.63, 3.8) is 0 Å². The fourth-order valence-electron chi connectivity index (χ4n) is 3.92. The number of hydrogen-bond acceptors (Lipinski definition) is 8. The summed E-state index contributed by atoms with van der Waals surface area (Å²) in [6, 6.07) is 12.5. The second-order valence-electron chi connectivity index (χ2n) is 8.27. The monoisotopic (exact) mass is 487 g/mol. The lowest BCUT2D eigenvalue weighted by Gasteiger charge is -2.18. The molecule has 4 rings (SSSR count). The molecule has 11 heteroatoms. The van der Waals surface area contributed by atoms with Gasteiger partial charge in [-0.15, -0.1) is 0 Å². The second kappa shape index (κ2) is 9.79. The second-order valence-corrected chi connectivity index (χ2v) is 8.27. The van der Waals surface area contributed by atoms with E-state index in [0.717, 1.165) is 5.39 Å². The number of carbonyl (C=O) groups excluding carboxylic acids is 1. The third-order valence-corrected chi connectivity index (χ3v) is 5.50. The SMILES string of the molecule is CC(C)c1nc2[nH]c(=O)n(CC(=O)O)c(=O)c2c(-c2ccc3ccccc3n2)c1C(=O)OCCC#N. The summed E-state index contributed by atoms with van der Waals surface area (Å²) in [4.78, 5) is 62.2. The minimum atomic E-state index is -1.39. The van der Waals surface area contributed by atoms with Crippen molar-refractivity contribution in [2.24, 2.45) is 0 Å². The van der Waals surface area contributed by atoms with Gasteiger partial charge >= 0.3 is 17.6 Å². The zero-order chi connectivity index (χ0) is 26.0. The quantitative estimate of drug-likeness (QED) is 0.294. The number of aromatic amines is 1. The molecule has 1 aromatic carbocycles. The first-order chi connectivity index (χ1) is 17.2. The molecule has 2 N–H and O–H groups in total. The van der Waals surface area contributed by atoms with Crippen LogP contribution in [0.1, 0.15) is 42.2 Å². The number of benzene rings is 1. The van der Waals surface area contributed by atoms with E-state index in [2.05, 4.69) is 15.0 Å². The molecule has 0 aliphatic carbocycles. The van der Waals surface area contributed by atoms with Gasteiger partial charge in [0.05, 0.1) is 40.3 Å². The molecule has 0 bridgehead atoms. The maximum atomic E-state index is 13.5. The van der Waals surface area contributed by atoms with Crippen LogP contribution in [0.3, 0.4) is 0 Å². The lowest BCUT2D eigenvalue weighted by atomic mass is 9.94. The average Bonchev–Trinajstić information content (AvgIpc) is 2.85. The first kappa shape index (κ1) is 24.3. The maximum absolute atomic E-state index is 13.5. The van der Waals surface area contributed by atoms with Crippen molar-refractivity contribution >= 4 is 33.9 Å². The molecule has 0 unspecified atom stereocenters. The molecule has 0 amide bonds. The first-order valence-electron chi connectivity index (χ1n) is 11.1. The van der Waals surface area contributed by atoms with Gasteiger partial charge in [0.2, 0.25) is 0 Å². The van der Waals surface area contributed by atoms with E-state index in [-0.39, 0.29) is 52.5 Å².